The number of hydrogen-bond donors (Lipinski definition) is 2. The van der Waals surface area contributed by atoms with Crippen LogP contribution in [0.15, 0.2) is 78.9 Å². The third-order valence-corrected chi connectivity index (χ3v) is 12.9. The van der Waals surface area contributed by atoms with Gasteiger partial charge in [0.25, 0.3) is 0 Å². The molecule has 2 amide bonds. The van der Waals surface area contributed by atoms with Gasteiger partial charge < -0.3 is 29.3 Å². The Kier molecular flexibility index (Phi) is 19.1. The molecule has 0 spiro atoms. The first-order valence-electron chi connectivity index (χ1n) is 24.3. The highest BCUT2D eigenvalue weighted by molar-refractivity contribution is 5.98. The number of ether oxygens (including phenoxy) is 3. The summed E-state index contributed by atoms with van der Waals surface area (Å²) < 4.78 is 17.1. The minimum absolute atomic E-state index is 0.00685. The molecule has 2 aliphatic heterocycles. The normalized spacial score (nSPS) is 18.4. The molecule has 0 saturated carbocycles. The summed E-state index contributed by atoms with van der Waals surface area (Å²) in [4.78, 5) is 96.2. The maximum atomic E-state index is 14.6. The summed E-state index contributed by atoms with van der Waals surface area (Å²) in [6, 6.07) is 22.6. The van der Waals surface area contributed by atoms with E-state index in [2.05, 4.69) is 10.6 Å². The van der Waals surface area contributed by atoms with E-state index in [-0.39, 0.29) is 66.3 Å². The van der Waals surface area contributed by atoms with Crippen LogP contribution < -0.4 is 15.4 Å². The van der Waals surface area contributed by atoms with Crippen LogP contribution in [-0.2, 0) is 57.6 Å². The second-order valence-electron chi connectivity index (χ2n) is 21.1. The fourth-order valence-corrected chi connectivity index (χ4v) is 8.83. The smallest absolute Gasteiger partial charge is 0.316 e. The van der Waals surface area contributed by atoms with Crippen molar-refractivity contribution in [3.8, 4) is 5.75 Å². The Balaban J connectivity index is 1.36. The fraction of sp³-hybridized carbons (Fsp3) is 0.545. The molecule has 3 aromatic carbocycles. The van der Waals surface area contributed by atoms with Crippen LogP contribution in [0.5, 0.6) is 5.75 Å². The summed E-state index contributed by atoms with van der Waals surface area (Å²) in [5.74, 6) is -3.18. The van der Waals surface area contributed by atoms with Crippen molar-refractivity contribution >= 4 is 41.4 Å². The van der Waals surface area contributed by atoms with Crippen molar-refractivity contribution in [2.75, 3.05) is 39.5 Å². The SMILES string of the molecule is CC(C)C[C@H](NC(=O)[C@H](CCc1ccccc1)CC(=O)C[N+]1(Cc2ccc(OC(=O)C(C)(C)C)c(C=O)c2)CCOCC1)C(=O)C[C@@H](Cc1ccccc1)C(=O)N[C@@H](CC(C)C)C(=O)[C@@]1(C)CO1. The molecule has 2 aliphatic rings. The number of carbonyl (C=O) groups is 7. The predicted molar refractivity (Wildman–Crippen MR) is 260 cm³/mol. The van der Waals surface area contributed by atoms with E-state index in [4.69, 9.17) is 14.2 Å². The van der Waals surface area contributed by atoms with Gasteiger partial charge in [0.2, 0.25) is 11.8 Å². The van der Waals surface area contributed by atoms with Crippen LogP contribution in [0.25, 0.3) is 0 Å². The number of epoxide rings is 1. The summed E-state index contributed by atoms with van der Waals surface area (Å²) in [6.45, 7) is 17.6. The maximum Gasteiger partial charge on any atom is 0.316 e. The Bertz CT molecular complexity index is 2210. The number of carbonyl (C=O) groups excluding carboxylic acids is 7. The molecule has 2 heterocycles. The summed E-state index contributed by atoms with van der Waals surface area (Å²) >= 11 is 0. The highest BCUT2D eigenvalue weighted by Gasteiger charge is 2.50. The van der Waals surface area contributed by atoms with Gasteiger partial charge in [0.05, 0.1) is 42.9 Å². The highest BCUT2D eigenvalue weighted by atomic mass is 16.6. The molecule has 13 nitrogen and oxygen atoms in total. The van der Waals surface area contributed by atoms with Gasteiger partial charge in [0, 0.05) is 30.2 Å². The summed E-state index contributed by atoms with van der Waals surface area (Å²) in [6.07, 6.45) is 2.31. The Morgan fingerprint density at radius 2 is 1.34 bits per heavy atom. The topological polar surface area (TPSA) is 175 Å². The van der Waals surface area contributed by atoms with Gasteiger partial charge in [-0.2, -0.15) is 0 Å². The summed E-state index contributed by atoms with van der Waals surface area (Å²) in [5, 5.41) is 6.06. The van der Waals surface area contributed by atoms with E-state index in [0.29, 0.717) is 75.9 Å². The molecule has 0 bridgehead atoms. The largest absolute Gasteiger partial charge is 0.425 e. The number of nitrogens with zero attached hydrogens (tertiary/aromatic N) is 1. The number of hydrogen-bond acceptors (Lipinski definition) is 10. The Morgan fingerprint density at radius 1 is 0.765 bits per heavy atom. The van der Waals surface area contributed by atoms with Crippen molar-refractivity contribution in [1.82, 2.24) is 10.6 Å². The van der Waals surface area contributed by atoms with E-state index < -0.39 is 52.7 Å². The number of ketones is 3. The molecule has 5 rings (SSSR count). The lowest BCUT2D eigenvalue weighted by Gasteiger charge is -2.41. The van der Waals surface area contributed by atoms with Crippen LogP contribution in [0, 0.1) is 29.1 Å². The molecule has 0 radical (unpaired) electrons. The molecule has 68 heavy (non-hydrogen) atoms. The van der Waals surface area contributed by atoms with Crippen LogP contribution in [0.2, 0.25) is 0 Å². The standard InChI is InChI=1S/C55H73N3O10/c1-37(2)27-46(48(61)32-43(29-40-17-13-10-14-18-40)52(64)57-47(28-38(3)4)50(62)55(8)36-67-55)56-51(63)42(21-19-39-15-11-9-12-16-39)31-45(60)34-58(23-25-66-26-24-58)33-41-20-22-49(44(30-41)35-59)68-53(65)54(5,6)7/h9-18,20,22,30,35,37-38,42-43,46-47H,19,21,23-29,31-34,36H2,1-8H3,(H-,56,57,63,64)/p+1/t42-,43-,46+,47+,55-/m1/s1. The highest BCUT2D eigenvalue weighted by Crippen LogP contribution is 2.31. The third-order valence-electron chi connectivity index (χ3n) is 12.9. The van der Waals surface area contributed by atoms with E-state index in [1.54, 1.807) is 45.9 Å². The second-order valence-corrected chi connectivity index (χ2v) is 21.1. The molecule has 13 heteroatoms. The van der Waals surface area contributed by atoms with Gasteiger partial charge in [-0.15, -0.1) is 0 Å². The number of rotatable bonds is 26. The second kappa shape index (κ2) is 24.3. The first-order valence-corrected chi connectivity index (χ1v) is 24.3. The molecule has 0 aromatic heterocycles. The average molecular weight is 937 g/mol. The number of aryl methyl sites for hydroxylation is 1. The molecule has 2 saturated heterocycles. The van der Waals surface area contributed by atoms with Gasteiger partial charge in [-0.05, 0) is 101 Å². The lowest BCUT2D eigenvalue weighted by atomic mass is 9.87. The number of esters is 1. The van der Waals surface area contributed by atoms with Crippen molar-refractivity contribution in [1.29, 1.82) is 0 Å². The van der Waals surface area contributed by atoms with Gasteiger partial charge in [-0.1, -0.05) is 88.4 Å². The summed E-state index contributed by atoms with van der Waals surface area (Å²) in [7, 11) is 0. The fourth-order valence-electron chi connectivity index (χ4n) is 8.83. The first-order chi connectivity index (χ1) is 32.2. The molecular formula is C55H74N3O10+. The molecule has 2 N–H and O–H groups in total. The van der Waals surface area contributed by atoms with Crippen molar-refractivity contribution in [2.45, 2.75) is 125 Å². The van der Waals surface area contributed by atoms with Gasteiger partial charge >= 0.3 is 5.97 Å². The van der Waals surface area contributed by atoms with E-state index >= 15 is 0 Å². The minimum Gasteiger partial charge on any atom is -0.425 e. The number of amides is 2. The van der Waals surface area contributed by atoms with Gasteiger partial charge in [-0.3, -0.25) is 33.6 Å². The van der Waals surface area contributed by atoms with Crippen LogP contribution in [0.1, 0.15) is 115 Å². The molecular weight excluding hydrogens is 863 g/mol. The van der Waals surface area contributed by atoms with Crippen molar-refractivity contribution < 1.29 is 52.3 Å². The zero-order valence-electron chi connectivity index (χ0n) is 41.5. The third kappa shape index (κ3) is 16.1. The van der Waals surface area contributed by atoms with Gasteiger partial charge in [-0.25, -0.2) is 0 Å². The molecule has 3 aromatic rings. The van der Waals surface area contributed by atoms with Crippen molar-refractivity contribution in [2.24, 2.45) is 29.1 Å². The van der Waals surface area contributed by atoms with E-state index in [1.807, 2.05) is 88.4 Å². The number of quaternary nitrogens is 1. The number of morpholine rings is 1. The Morgan fingerprint density at radius 3 is 1.91 bits per heavy atom. The van der Waals surface area contributed by atoms with Gasteiger partial charge in [0.15, 0.2) is 23.6 Å². The Labute approximate surface area is 403 Å². The number of nitrogens with one attached hydrogen (secondary N) is 2. The van der Waals surface area contributed by atoms with Crippen molar-refractivity contribution in [3.05, 3.63) is 101 Å². The molecule has 368 valence electrons. The van der Waals surface area contributed by atoms with Crippen molar-refractivity contribution in [3.63, 3.8) is 0 Å². The predicted octanol–water partition coefficient (Wildman–Crippen LogP) is 7.24. The zero-order chi connectivity index (χ0) is 49.6. The lowest BCUT2D eigenvalue weighted by molar-refractivity contribution is -0.940. The molecule has 0 unspecified atom stereocenters. The molecule has 0 aliphatic carbocycles. The molecule has 2 fully saturated rings. The summed E-state index contributed by atoms with van der Waals surface area (Å²) in [5.41, 5.74) is 1.19. The number of aldehydes is 1. The lowest BCUT2D eigenvalue weighted by Crippen LogP contribution is -2.57. The van der Waals surface area contributed by atoms with Crippen LogP contribution in [-0.4, -0.2) is 103 Å². The van der Waals surface area contributed by atoms with E-state index in [1.165, 1.54) is 0 Å². The van der Waals surface area contributed by atoms with Crippen LogP contribution in [0.3, 0.4) is 0 Å². The van der Waals surface area contributed by atoms with Crippen LogP contribution >= 0.6 is 0 Å². The monoisotopic (exact) mass is 937 g/mol. The number of benzene rings is 3. The zero-order valence-corrected chi connectivity index (χ0v) is 41.5. The van der Waals surface area contributed by atoms with E-state index in [9.17, 15) is 33.6 Å². The quantitative estimate of drug-likeness (QED) is 0.0275. The van der Waals surface area contributed by atoms with Gasteiger partial charge in [0.1, 0.15) is 37.5 Å². The minimum atomic E-state index is -0.939. The first kappa shape index (κ1) is 53.6. The molecule has 5 atom stereocenters. The van der Waals surface area contributed by atoms with Crippen LogP contribution in [0.4, 0.5) is 0 Å². The Hall–Kier alpha value is -5.37. The number of Topliss-reactive ketones (excluding diaryl/α,β-unsaturated/α-hetero) is 3. The van der Waals surface area contributed by atoms with E-state index in [0.717, 1.165) is 16.7 Å². The average Bonchev–Trinajstić information content (AvgIpc) is 4.05. The maximum absolute atomic E-state index is 14.6.